The summed E-state index contributed by atoms with van der Waals surface area (Å²) in [7, 11) is 3.21. The monoisotopic (exact) mass is 399 g/mol. The van der Waals surface area contributed by atoms with Gasteiger partial charge in [0, 0.05) is 12.1 Å². The van der Waals surface area contributed by atoms with Crippen molar-refractivity contribution in [2.24, 2.45) is 0 Å². The Morgan fingerprint density at radius 3 is 2.57 bits per heavy atom. The molecule has 0 aliphatic carbocycles. The number of methoxy groups -OCH3 is 2. The van der Waals surface area contributed by atoms with Crippen LogP contribution in [0.2, 0.25) is 0 Å². The number of aromatic nitrogens is 3. The number of hydrogen-bond donors (Lipinski definition) is 2. The Labute approximate surface area is 167 Å². The van der Waals surface area contributed by atoms with E-state index in [0.717, 1.165) is 22.6 Å². The minimum atomic E-state index is -0.123. The predicted octanol–water partition coefficient (Wildman–Crippen LogP) is 2.08. The zero-order valence-electron chi connectivity index (χ0n) is 15.6. The molecule has 3 N–H and O–H groups in total. The van der Waals surface area contributed by atoms with Crippen LogP contribution < -0.4 is 20.6 Å². The normalized spacial score (nSPS) is 10.5. The van der Waals surface area contributed by atoms with Crippen molar-refractivity contribution < 1.29 is 14.3 Å². The fourth-order valence-corrected chi connectivity index (χ4v) is 3.16. The molecule has 8 nitrogen and oxygen atoms in total. The molecule has 0 saturated heterocycles. The van der Waals surface area contributed by atoms with Crippen LogP contribution in [0.5, 0.6) is 11.5 Å². The standard InChI is InChI=1S/C19H21N5O3S/c1-26-15-8-6-14(7-9-15)18-22-23-19(24(18)20)28-12-17(25)21-11-13-4-3-5-16(10-13)27-2/h3-10H,11-12,20H2,1-2H3,(H,21,25). The number of carbonyl (C=O) groups excluding carboxylic acids is 1. The van der Waals surface area contributed by atoms with Crippen molar-refractivity contribution in [2.75, 3.05) is 25.8 Å². The van der Waals surface area contributed by atoms with E-state index in [-0.39, 0.29) is 11.7 Å². The summed E-state index contributed by atoms with van der Waals surface area (Å²) in [4.78, 5) is 12.1. The van der Waals surface area contributed by atoms with Crippen molar-refractivity contribution in [2.45, 2.75) is 11.7 Å². The highest BCUT2D eigenvalue weighted by Crippen LogP contribution is 2.23. The van der Waals surface area contributed by atoms with Crippen LogP contribution in [0.15, 0.2) is 53.7 Å². The number of amides is 1. The van der Waals surface area contributed by atoms with Gasteiger partial charge >= 0.3 is 0 Å². The first-order valence-electron chi connectivity index (χ1n) is 8.48. The summed E-state index contributed by atoms with van der Waals surface area (Å²) in [6, 6.07) is 14.9. The number of carbonyl (C=O) groups is 1. The average molecular weight is 399 g/mol. The molecule has 3 aromatic rings. The van der Waals surface area contributed by atoms with E-state index in [1.54, 1.807) is 14.2 Å². The molecule has 0 aliphatic heterocycles. The summed E-state index contributed by atoms with van der Waals surface area (Å²) >= 11 is 1.22. The lowest BCUT2D eigenvalue weighted by Gasteiger charge is -2.07. The van der Waals surface area contributed by atoms with Crippen molar-refractivity contribution in [3.63, 3.8) is 0 Å². The van der Waals surface area contributed by atoms with Crippen LogP contribution in [-0.4, -0.2) is 40.8 Å². The van der Waals surface area contributed by atoms with Gasteiger partial charge in [0.2, 0.25) is 11.1 Å². The van der Waals surface area contributed by atoms with Crippen molar-refractivity contribution in [1.82, 2.24) is 20.2 Å². The first-order valence-corrected chi connectivity index (χ1v) is 9.46. The number of rotatable bonds is 8. The van der Waals surface area contributed by atoms with Gasteiger partial charge in [0.05, 0.1) is 20.0 Å². The molecule has 28 heavy (non-hydrogen) atoms. The van der Waals surface area contributed by atoms with E-state index in [2.05, 4.69) is 15.5 Å². The molecule has 1 amide bonds. The van der Waals surface area contributed by atoms with E-state index in [4.69, 9.17) is 15.3 Å². The number of ether oxygens (including phenoxy) is 2. The van der Waals surface area contributed by atoms with Gasteiger partial charge in [0.25, 0.3) is 0 Å². The fraction of sp³-hybridized carbons (Fsp3) is 0.211. The molecule has 3 rings (SSSR count). The van der Waals surface area contributed by atoms with Gasteiger partial charge in [-0.3, -0.25) is 4.79 Å². The zero-order chi connectivity index (χ0) is 19.9. The van der Waals surface area contributed by atoms with Crippen LogP contribution >= 0.6 is 11.8 Å². The van der Waals surface area contributed by atoms with Crippen LogP contribution in [0.3, 0.4) is 0 Å². The molecule has 0 bridgehead atoms. The third kappa shape index (κ3) is 4.74. The van der Waals surface area contributed by atoms with Crippen LogP contribution in [0.25, 0.3) is 11.4 Å². The Hall–Kier alpha value is -3.20. The van der Waals surface area contributed by atoms with Crippen molar-refractivity contribution in [1.29, 1.82) is 0 Å². The van der Waals surface area contributed by atoms with Crippen molar-refractivity contribution in [3.05, 3.63) is 54.1 Å². The Morgan fingerprint density at radius 1 is 1.11 bits per heavy atom. The number of benzene rings is 2. The number of thioether (sulfide) groups is 1. The van der Waals surface area contributed by atoms with Gasteiger partial charge in [-0.2, -0.15) is 0 Å². The molecule has 2 aromatic carbocycles. The summed E-state index contributed by atoms with van der Waals surface area (Å²) in [5.41, 5.74) is 1.77. The van der Waals surface area contributed by atoms with E-state index in [0.29, 0.717) is 17.5 Å². The number of hydrogen-bond acceptors (Lipinski definition) is 7. The van der Waals surface area contributed by atoms with Gasteiger partial charge in [-0.1, -0.05) is 23.9 Å². The lowest BCUT2D eigenvalue weighted by molar-refractivity contribution is -0.118. The summed E-state index contributed by atoms with van der Waals surface area (Å²) in [6.07, 6.45) is 0. The first-order chi connectivity index (χ1) is 13.6. The molecule has 0 spiro atoms. The summed E-state index contributed by atoms with van der Waals surface area (Å²) in [5, 5.41) is 11.5. The molecule has 0 fully saturated rings. The molecule has 0 atom stereocenters. The maximum atomic E-state index is 12.1. The summed E-state index contributed by atoms with van der Waals surface area (Å²) < 4.78 is 11.7. The maximum Gasteiger partial charge on any atom is 0.230 e. The smallest absolute Gasteiger partial charge is 0.230 e. The lowest BCUT2D eigenvalue weighted by Crippen LogP contribution is -2.25. The number of nitrogens with one attached hydrogen (secondary N) is 1. The molecule has 0 unspecified atom stereocenters. The molecule has 146 valence electrons. The highest BCUT2D eigenvalue weighted by molar-refractivity contribution is 7.99. The van der Waals surface area contributed by atoms with Gasteiger partial charge in [0.1, 0.15) is 11.5 Å². The Kier molecular flexibility index (Phi) is 6.38. The van der Waals surface area contributed by atoms with E-state index in [9.17, 15) is 4.79 Å². The second-order valence-electron chi connectivity index (χ2n) is 5.82. The molecule has 1 heterocycles. The van der Waals surface area contributed by atoms with Crippen LogP contribution in [0.1, 0.15) is 5.56 Å². The maximum absolute atomic E-state index is 12.1. The second kappa shape index (κ2) is 9.14. The molecule has 0 aliphatic rings. The van der Waals surface area contributed by atoms with E-state index < -0.39 is 0 Å². The van der Waals surface area contributed by atoms with Gasteiger partial charge in [-0.15, -0.1) is 10.2 Å². The Bertz CT molecular complexity index is 943. The van der Waals surface area contributed by atoms with Gasteiger partial charge in [0.15, 0.2) is 5.82 Å². The largest absolute Gasteiger partial charge is 0.497 e. The van der Waals surface area contributed by atoms with E-state index in [1.807, 2.05) is 48.5 Å². The number of nitrogens with two attached hydrogens (primary N) is 1. The van der Waals surface area contributed by atoms with Crippen LogP contribution in [-0.2, 0) is 11.3 Å². The van der Waals surface area contributed by atoms with Crippen LogP contribution in [0.4, 0.5) is 0 Å². The molecule has 0 radical (unpaired) electrons. The predicted molar refractivity (Wildman–Crippen MR) is 108 cm³/mol. The Morgan fingerprint density at radius 2 is 1.86 bits per heavy atom. The quantitative estimate of drug-likeness (QED) is 0.441. The number of nitrogen functional groups attached to an aromatic ring is 1. The third-order valence-corrected chi connectivity index (χ3v) is 4.91. The van der Waals surface area contributed by atoms with Gasteiger partial charge < -0.3 is 20.6 Å². The van der Waals surface area contributed by atoms with Crippen molar-refractivity contribution >= 4 is 17.7 Å². The highest BCUT2D eigenvalue weighted by Gasteiger charge is 2.14. The topological polar surface area (TPSA) is 104 Å². The molecular formula is C19H21N5O3S. The minimum absolute atomic E-state index is 0.123. The molecule has 1 aromatic heterocycles. The summed E-state index contributed by atoms with van der Waals surface area (Å²) in [5.74, 6) is 8.16. The lowest BCUT2D eigenvalue weighted by atomic mass is 10.2. The highest BCUT2D eigenvalue weighted by atomic mass is 32.2. The van der Waals surface area contributed by atoms with Gasteiger partial charge in [-0.05, 0) is 42.0 Å². The Balaban J connectivity index is 1.55. The van der Waals surface area contributed by atoms with Crippen molar-refractivity contribution in [3.8, 4) is 22.9 Å². The van der Waals surface area contributed by atoms with Gasteiger partial charge in [-0.25, -0.2) is 4.68 Å². The average Bonchev–Trinajstić information content (AvgIpc) is 3.11. The SMILES string of the molecule is COc1ccc(-c2nnc(SCC(=O)NCc3cccc(OC)c3)n2N)cc1. The molecule has 9 heteroatoms. The summed E-state index contributed by atoms with van der Waals surface area (Å²) in [6.45, 7) is 0.420. The van der Waals surface area contributed by atoms with Crippen LogP contribution in [0, 0.1) is 0 Å². The fourth-order valence-electron chi connectivity index (χ4n) is 2.48. The van der Waals surface area contributed by atoms with E-state index in [1.165, 1.54) is 16.4 Å². The zero-order valence-corrected chi connectivity index (χ0v) is 16.4. The number of nitrogens with zero attached hydrogens (tertiary/aromatic N) is 3. The molecular weight excluding hydrogens is 378 g/mol. The second-order valence-corrected chi connectivity index (χ2v) is 6.76. The third-order valence-electron chi connectivity index (χ3n) is 3.97. The minimum Gasteiger partial charge on any atom is -0.497 e. The van der Waals surface area contributed by atoms with E-state index >= 15 is 0 Å². The first kappa shape index (κ1) is 19.6. The molecule has 0 saturated carbocycles.